The molecule has 0 aliphatic carbocycles. The molecule has 2 aliphatic heterocycles. The lowest BCUT2D eigenvalue weighted by Gasteiger charge is -2.49. The molecule has 2 aliphatic rings. The molecule has 2 fully saturated rings. The van der Waals surface area contributed by atoms with E-state index in [2.05, 4.69) is 0 Å². The maximum Gasteiger partial charge on any atom is 0.165 e. The zero-order valence-corrected chi connectivity index (χ0v) is 14.8. The number of aliphatic hydroxyl groups excluding tert-OH is 2. The van der Waals surface area contributed by atoms with Crippen LogP contribution in [-0.2, 0) is 18.9 Å². The van der Waals surface area contributed by atoms with Crippen LogP contribution < -0.4 is 0 Å². The first-order valence-electron chi connectivity index (χ1n) is 8.55. The van der Waals surface area contributed by atoms with Gasteiger partial charge in [-0.25, -0.2) is 0 Å². The van der Waals surface area contributed by atoms with E-state index in [0.717, 1.165) is 12.8 Å². The molecule has 2 N–H and O–H groups in total. The van der Waals surface area contributed by atoms with Crippen molar-refractivity contribution in [1.82, 2.24) is 0 Å². The lowest BCUT2D eigenvalue weighted by atomic mass is 9.83. The molecule has 0 amide bonds. The van der Waals surface area contributed by atoms with E-state index < -0.39 is 23.4 Å². The van der Waals surface area contributed by atoms with Crippen LogP contribution in [-0.4, -0.2) is 62.4 Å². The highest BCUT2D eigenvalue weighted by molar-refractivity contribution is 4.89. The molecule has 6 heteroatoms. The van der Waals surface area contributed by atoms with Crippen molar-refractivity contribution < 1.29 is 29.2 Å². The molecule has 0 aromatic carbocycles. The Morgan fingerprint density at radius 1 is 0.783 bits per heavy atom. The predicted octanol–water partition coefficient (Wildman–Crippen LogP) is 1.54. The maximum absolute atomic E-state index is 9.58. The smallest absolute Gasteiger partial charge is 0.165 e. The molecule has 136 valence electrons. The summed E-state index contributed by atoms with van der Waals surface area (Å²) in [5.41, 5.74) is -1.09. The van der Waals surface area contributed by atoms with Gasteiger partial charge in [0.1, 0.15) is 0 Å². The van der Waals surface area contributed by atoms with Crippen LogP contribution >= 0.6 is 0 Å². The molecule has 2 unspecified atom stereocenters. The van der Waals surface area contributed by atoms with Crippen molar-refractivity contribution in [2.24, 2.45) is 16.2 Å². The van der Waals surface area contributed by atoms with Crippen molar-refractivity contribution in [3.63, 3.8) is 0 Å². The molecule has 2 saturated heterocycles. The minimum atomic E-state index is -0.404. The van der Waals surface area contributed by atoms with Gasteiger partial charge in [0.15, 0.2) is 12.6 Å². The molecule has 0 bridgehead atoms. The van der Waals surface area contributed by atoms with E-state index in [4.69, 9.17) is 18.9 Å². The highest BCUT2D eigenvalue weighted by Gasteiger charge is 2.48. The second kappa shape index (κ2) is 7.33. The summed E-state index contributed by atoms with van der Waals surface area (Å²) in [6.45, 7) is 9.98. The summed E-state index contributed by atoms with van der Waals surface area (Å²) < 4.78 is 23.6. The van der Waals surface area contributed by atoms with Crippen LogP contribution in [0, 0.1) is 16.2 Å². The van der Waals surface area contributed by atoms with Crippen molar-refractivity contribution in [2.75, 3.05) is 39.6 Å². The Labute approximate surface area is 139 Å². The molecule has 2 heterocycles. The summed E-state index contributed by atoms with van der Waals surface area (Å²) in [6, 6.07) is 0. The van der Waals surface area contributed by atoms with Crippen LogP contribution in [0.2, 0.25) is 0 Å². The van der Waals surface area contributed by atoms with Gasteiger partial charge < -0.3 is 29.2 Å². The summed E-state index contributed by atoms with van der Waals surface area (Å²) in [5.74, 6) is 0. The highest BCUT2D eigenvalue weighted by atomic mass is 16.7. The molecule has 2 rings (SSSR count). The number of aliphatic hydroxyl groups is 2. The first-order valence-corrected chi connectivity index (χ1v) is 8.55. The number of hydrogen-bond acceptors (Lipinski definition) is 6. The molecule has 23 heavy (non-hydrogen) atoms. The third-order valence-corrected chi connectivity index (χ3v) is 5.64. The zero-order chi connectivity index (χ0) is 17.1. The van der Waals surface area contributed by atoms with Crippen LogP contribution in [0.1, 0.15) is 40.5 Å². The van der Waals surface area contributed by atoms with E-state index >= 15 is 0 Å². The summed E-state index contributed by atoms with van der Waals surface area (Å²) in [6.07, 6.45) is 0.752. The quantitative estimate of drug-likeness (QED) is 0.768. The van der Waals surface area contributed by atoms with Crippen molar-refractivity contribution in [3.05, 3.63) is 0 Å². The second-order valence-corrected chi connectivity index (χ2v) is 7.74. The van der Waals surface area contributed by atoms with Gasteiger partial charge in [0.2, 0.25) is 0 Å². The SMILES string of the molecule is CCC(C)(CO)C1OCC2(CO1)COC(C(C)(CC)CO)OC2. The van der Waals surface area contributed by atoms with Gasteiger partial charge in [-0.1, -0.05) is 27.7 Å². The molecule has 0 saturated carbocycles. The average Bonchev–Trinajstić information content (AvgIpc) is 2.61. The summed E-state index contributed by atoms with van der Waals surface area (Å²) >= 11 is 0. The fraction of sp³-hybridized carbons (Fsp3) is 1.00. The second-order valence-electron chi connectivity index (χ2n) is 7.74. The standard InChI is InChI=1S/C17H32O6/c1-5-15(3,7-18)13-20-9-17(10-21-13)11-22-14(23-12-17)16(4,6-2)8-19/h13-14,18-19H,5-12H2,1-4H3. The van der Waals surface area contributed by atoms with E-state index in [0.29, 0.717) is 26.4 Å². The van der Waals surface area contributed by atoms with E-state index in [1.807, 2.05) is 27.7 Å². The predicted molar refractivity (Wildman–Crippen MR) is 84.8 cm³/mol. The van der Waals surface area contributed by atoms with Crippen LogP contribution in [0.3, 0.4) is 0 Å². The van der Waals surface area contributed by atoms with E-state index in [1.165, 1.54) is 0 Å². The molecule has 0 aromatic heterocycles. The monoisotopic (exact) mass is 332 g/mol. The first-order chi connectivity index (χ1) is 10.9. The Bertz CT molecular complexity index is 322. The molecular formula is C17H32O6. The Balaban J connectivity index is 1.91. The molecule has 2 atom stereocenters. The fourth-order valence-corrected chi connectivity index (χ4v) is 2.87. The Morgan fingerprint density at radius 2 is 1.09 bits per heavy atom. The van der Waals surface area contributed by atoms with Gasteiger partial charge in [-0.3, -0.25) is 0 Å². The summed E-state index contributed by atoms with van der Waals surface area (Å²) in [4.78, 5) is 0. The minimum Gasteiger partial charge on any atom is -0.396 e. The number of rotatable bonds is 6. The molecule has 0 aromatic rings. The average molecular weight is 332 g/mol. The third kappa shape index (κ3) is 3.72. The van der Waals surface area contributed by atoms with Gasteiger partial charge in [-0.05, 0) is 12.8 Å². The highest BCUT2D eigenvalue weighted by Crippen LogP contribution is 2.39. The number of hydrogen-bond donors (Lipinski definition) is 2. The molecule has 6 nitrogen and oxygen atoms in total. The van der Waals surface area contributed by atoms with Crippen LogP contribution in [0.15, 0.2) is 0 Å². The Morgan fingerprint density at radius 3 is 1.30 bits per heavy atom. The maximum atomic E-state index is 9.58. The Kier molecular flexibility index (Phi) is 6.09. The number of ether oxygens (including phenoxy) is 4. The van der Waals surface area contributed by atoms with Crippen LogP contribution in [0.4, 0.5) is 0 Å². The van der Waals surface area contributed by atoms with Crippen molar-refractivity contribution >= 4 is 0 Å². The van der Waals surface area contributed by atoms with E-state index in [-0.39, 0.29) is 18.6 Å². The fourth-order valence-electron chi connectivity index (χ4n) is 2.87. The molecular weight excluding hydrogens is 300 g/mol. The topological polar surface area (TPSA) is 77.4 Å². The van der Waals surface area contributed by atoms with Crippen molar-refractivity contribution in [2.45, 2.75) is 53.1 Å². The van der Waals surface area contributed by atoms with Gasteiger partial charge in [0, 0.05) is 10.8 Å². The van der Waals surface area contributed by atoms with Gasteiger partial charge in [0.05, 0.1) is 45.1 Å². The lowest BCUT2D eigenvalue weighted by Crippen LogP contribution is -2.57. The van der Waals surface area contributed by atoms with Crippen molar-refractivity contribution in [1.29, 1.82) is 0 Å². The van der Waals surface area contributed by atoms with Crippen LogP contribution in [0.25, 0.3) is 0 Å². The molecule has 0 radical (unpaired) electrons. The Hall–Kier alpha value is -0.240. The summed E-state index contributed by atoms with van der Waals surface area (Å²) in [7, 11) is 0. The van der Waals surface area contributed by atoms with Gasteiger partial charge >= 0.3 is 0 Å². The minimum absolute atomic E-state index is 0.0294. The van der Waals surface area contributed by atoms with E-state index in [9.17, 15) is 10.2 Å². The van der Waals surface area contributed by atoms with Gasteiger partial charge in [-0.15, -0.1) is 0 Å². The van der Waals surface area contributed by atoms with Gasteiger partial charge in [0.25, 0.3) is 0 Å². The normalized spacial score (nSPS) is 37.3. The zero-order valence-electron chi connectivity index (χ0n) is 14.8. The van der Waals surface area contributed by atoms with Gasteiger partial charge in [-0.2, -0.15) is 0 Å². The van der Waals surface area contributed by atoms with Crippen molar-refractivity contribution in [3.8, 4) is 0 Å². The lowest BCUT2D eigenvalue weighted by molar-refractivity contribution is -0.340. The van der Waals surface area contributed by atoms with E-state index in [1.54, 1.807) is 0 Å². The third-order valence-electron chi connectivity index (χ3n) is 5.64. The largest absolute Gasteiger partial charge is 0.396 e. The molecule has 1 spiro atoms. The first kappa shape index (κ1) is 19.1. The van der Waals surface area contributed by atoms with Crippen LogP contribution in [0.5, 0.6) is 0 Å². The summed E-state index contributed by atoms with van der Waals surface area (Å²) in [5, 5.41) is 19.2.